The maximum Gasteiger partial charge on any atom is 0.243 e. The van der Waals surface area contributed by atoms with E-state index in [0.29, 0.717) is 0 Å². The van der Waals surface area contributed by atoms with Crippen molar-refractivity contribution >= 4 is 23.3 Å². The van der Waals surface area contributed by atoms with Gasteiger partial charge in [0.2, 0.25) is 5.91 Å². The van der Waals surface area contributed by atoms with Gasteiger partial charge < -0.3 is 15.2 Å². The summed E-state index contributed by atoms with van der Waals surface area (Å²) in [5.41, 5.74) is 0. The normalized spacial score (nSPS) is 9.27. The third kappa shape index (κ3) is 19.4. The molecule has 1 amide bonds. The molecule has 86 valence electrons. The van der Waals surface area contributed by atoms with Gasteiger partial charge in [0.1, 0.15) is 0 Å². The van der Waals surface area contributed by atoms with E-state index in [4.69, 9.17) is 5.41 Å². The van der Waals surface area contributed by atoms with Crippen molar-refractivity contribution in [2.75, 3.05) is 34.2 Å². The molecule has 5 heteroatoms. The summed E-state index contributed by atoms with van der Waals surface area (Å²) in [6.45, 7) is 5.18. The van der Waals surface area contributed by atoms with Crippen LogP contribution in [0.3, 0.4) is 0 Å². The van der Waals surface area contributed by atoms with Crippen LogP contribution in [0.15, 0.2) is 12.7 Å². The number of isothiocyanates is 1. The van der Waals surface area contributed by atoms with Crippen molar-refractivity contribution in [1.29, 1.82) is 0 Å². The summed E-state index contributed by atoms with van der Waals surface area (Å²) in [7, 11) is 6.40. The Balaban J connectivity index is 0. The number of hydrogen-bond acceptors (Lipinski definition) is 2. The summed E-state index contributed by atoms with van der Waals surface area (Å²) in [6.07, 6.45) is 2.30. The van der Waals surface area contributed by atoms with Crippen LogP contribution in [0.4, 0.5) is 0 Å². The molecule has 0 spiro atoms. The number of carbonyl (C=O) groups is 1. The average Bonchev–Trinajstić information content (AvgIpc) is 2.12. The lowest BCUT2D eigenvalue weighted by Gasteiger charge is -2.23. The lowest BCUT2D eigenvalue weighted by Crippen LogP contribution is -2.37. The minimum Gasteiger partial charge on any atom is -0.753 e. The van der Waals surface area contributed by atoms with Gasteiger partial charge >= 0.3 is 0 Å². The summed E-state index contributed by atoms with van der Waals surface area (Å²) < 4.78 is 0.934. The van der Waals surface area contributed by atoms with Gasteiger partial charge in [-0.25, -0.2) is 0 Å². The molecular weight excluding hydrogens is 210 g/mol. The van der Waals surface area contributed by atoms with Crippen LogP contribution in [-0.2, 0) is 4.79 Å². The monoisotopic (exact) mass is 229 g/mol. The first kappa shape index (κ1) is 16.4. The Morgan fingerprint density at radius 1 is 1.60 bits per heavy atom. The van der Waals surface area contributed by atoms with E-state index in [1.54, 1.807) is 0 Å². The van der Waals surface area contributed by atoms with Crippen molar-refractivity contribution in [3.63, 3.8) is 0 Å². The number of amides is 1. The van der Waals surface area contributed by atoms with E-state index in [9.17, 15) is 4.79 Å². The van der Waals surface area contributed by atoms with Crippen molar-refractivity contribution in [1.82, 2.24) is 5.32 Å². The minimum atomic E-state index is -0.0867. The van der Waals surface area contributed by atoms with Crippen molar-refractivity contribution in [3.8, 4) is 0 Å². The molecule has 0 saturated heterocycles. The van der Waals surface area contributed by atoms with Crippen molar-refractivity contribution in [2.24, 2.45) is 0 Å². The van der Waals surface area contributed by atoms with Crippen LogP contribution in [0.1, 0.15) is 6.42 Å². The molecule has 0 aliphatic carbocycles. The molecule has 0 aromatic rings. The molecule has 0 aromatic heterocycles. The smallest absolute Gasteiger partial charge is 0.243 e. The zero-order valence-corrected chi connectivity index (χ0v) is 10.4. The molecule has 0 fully saturated rings. The Morgan fingerprint density at radius 2 is 2.07 bits per heavy atom. The molecule has 15 heavy (non-hydrogen) atoms. The molecule has 0 saturated carbocycles. The molecule has 0 heterocycles. The van der Waals surface area contributed by atoms with Gasteiger partial charge in [-0.1, -0.05) is 18.8 Å². The van der Waals surface area contributed by atoms with Crippen LogP contribution in [0.25, 0.3) is 5.41 Å². The zero-order valence-electron chi connectivity index (χ0n) is 9.62. The highest BCUT2D eigenvalue weighted by Crippen LogP contribution is 1.91. The highest BCUT2D eigenvalue weighted by Gasteiger charge is 2.05. The van der Waals surface area contributed by atoms with Gasteiger partial charge in [0.25, 0.3) is 0 Å². The Hall–Kier alpha value is -1.03. The second-order valence-corrected chi connectivity index (χ2v) is 4.14. The molecule has 0 unspecified atom stereocenters. The van der Waals surface area contributed by atoms with Gasteiger partial charge in [-0.15, -0.1) is 0 Å². The third-order valence-corrected chi connectivity index (χ3v) is 1.49. The predicted octanol–water partition coefficient (Wildman–Crippen LogP) is 1.04. The van der Waals surface area contributed by atoms with E-state index >= 15 is 0 Å². The van der Waals surface area contributed by atoms with Crippen LogP contribution in [0.5, 0.6) is 0 Å². The van der Waals surface area contributed by atoms with E-state index in [1.807, 2.05) is 0 Å². The van der Waals surface area contributed by atoms with Crippen LogP contribution in [-0.4, -0.2) is 49.8 Å². The van der Waals surface area contributed by atoms with Gasteiger partial charge in [0.15, 0.2) is 0 Å². The number of carbonyl (C=O) groups excluding carboxylic acids is 1. The SMILES string of the molecule is C=CC(=O)NCCC[N+](C)(C)C.[N-]=C=S. The average molecular weight is 229 g/mol. The first-order valence-corrected chi connectivity index (χ1v) is 5.00. The Kier molecular flexibility index (Phi) is 10.4. The fourth-order valence-electron chi connectivity index (χ4n) is 0.837. The molecule has 0 aliphatic rings. The van der Waals surface area contributed by atoms with Gasteiger partial charge in [-0.2, -0.15) is 5.16 Å². The summed E-state index contributed by atoms with van der Waals surface area (Å²) >= 11 is 3.70. The third-order valence-electron chi connectivity index (χ3n) is 1.49. The first-order chi connectivity index (χ1) is 6.87. The number of nitrogens with zero attached hydrogens (tertiary/aromatic N) is 2. The molecule has 0 rings (SSSR count). The summed E-state index contributed by atoms with van der Waals surface area (Å²) in [5.74, 6) is -0.0867. The molecular formula is C10H19N3OS. The fourth-order valence-corrected chi connectivity index (χ4v) is 0.837. The Morgan fingerprint density at radius 3 is 2.40 bits per heavy atom. The number of thiocarbonyl (C=S) groups is 1. The Labute approximate surface area is 97.1 Å². The number of rotatable bonds is 5. The zero-order chi connectivity index (χ0) is 12.3. The van der Waals surface area contributed by atoms with E-state index in [-0.39, 0.29) is 5.91 Å². The molecule has 1 N–H and O–H groups in total. The number of quaternary nitrogens is 1. The second kappa shape index (κ2) is 9.52. The summed E-state index contributed by atoms with van der Waals surface area (Å²) in [6, 6.07) is 0. The first-order valence-electron chi connectivity index (χ1n) is 4.59. The van der Waals surface area contributed by atoms with Crippen LogP contribution >= 0.6 is 12.2 Å². The van der Waals surface area contributed by atoms with Crippen LogP contribution in [0.2, 0.25) is 0 Å². The van der Waals surface area contributed by atoms with Gasteiger partial charge in [-0.3, -0.25) is 4.79 Å². The minimum absolute atomic E-state index is 0.0867. The second-order valence-electron chi connectivity index (χ2n) is 3.95. The summed E-state index contributed by atoms with van der Waals surface area (Å²) in [4.78, 5) is 10.7. The van der Waals surface area contributed by atoms with E-state index in [0.717, 1.165) is 24.0 Å². The molecule has 0 bridgehead atoms. The quantitative estimate of drug-likeness (QED) is 0.252. The number of hydrogen-bond donors (Lipinski definition) is 1. The maximum atomic E-state index is 10.7. The van der Waals surface area contributed by atoms with Gasteiger partial charge in [-0.05, 0) is 6.08 Å². The van der Waals surface area contributed by atoms with Gasteiger partial charge in [0, 0.05) is 13.0 Å². The Bertz CT molecular complexity index is 227. The highest BCUT2D eigenvalue weighted by atomic mass is 32.1. The molecule has 0 aliphatic heterocycles. The molecule has 0 aromatic carbocycles. The standard InChI is InChI=1S/C9H18N2O.CNS/c1-5-9(12)10-7-6-8-11(2,3)4;2-1-3/h5H,1,6-8H2,2-4H3;/q;-1/p+1. The van der Waals surface area contributed by atoms with E-state index in [1.165, 1.54) is 11.2 Å². The van der Waals surface area contributed by atoms with Crippen molar-refractivity contribution in [2.45, 2.75) is 6.42 Å². The summed E-state index contributed by atoms with van der Waals surface area (Å²) in [5, 5.41) is 11.2. The van der Waals surface area contributed by atoms with Crippen molar-refractivity contribution in [3.05, 3.63) is 18.1 Å². The fraction of sp³-hybridized carbons (Fsp3) is 0.600. The number of nitrogens with one attached hydrogen (secondary N) is 1. The van der Waals surface area contributed by atoms with Crippen LogP contribution in [0, 0.1) is 0 Å². The van der Waals surface area contributed by atoms with E-state index in [2.05, 4.69) is 45.3 Å². The molecule has 4 nitrogen and oxygen atoms in total. The molecule has 0 atom stereocenters. The van der Waals surface area contributed by atoms with Crippen molar-refractivity contribution < 1.29 is 9.28 Å². The highest BCUT2D eigenvalue weighted by molar-refractivity contribution is 7.78. The largest absolute Gasteiger partial charge is 0.753 e. The maximum absolute atomic E-state index is 10.7. The lowest BCUT2D eigenvalue weighted by atomic mass is 10.3. The van der Waals surface area contributed by atoms with Gasteiger partial charge in [0.05, 0.1) is 27.7 Å². The van der Waals surface area contributed by atoms with Crippen LogP contribution < -0.4 is 5.32 Å². The predicted molar refractivity (Wildman–Crippen MR) is 66.7 cm³/mol. The van der Waals surface area contributed by atoms with E-state index < -0.39 is 0 Å². The lowest BCUT2D eigenvalue weighted by molar-refractivity contribution is -0.870. The topological polar surface area (TPSA) is 51.4 Å². The molecule has 0 radical (unpaired) electrons.